The number of nitrogens with zero attached hydrogens (tertiary/aromatic N) is 4. The van der Waals surface area contributed by atoms with Gasteiger partial charge in [-0.3, -0.25) is 4.90 Å². The molecule has 212 valence electrons. The van der Waals surface area contributed by atoms with E-state index in [9.17, 15) is 13.9 Å². The van der Waals surface area contributed by atoms with Gasteiger partial charge in [-0.1, -0.05) is 17.3 Å². The molecule has 1 aliphatic rings. The molecule has 10 nitrogen and oxygen atoms in total. The number of aromatic nitrogens is 3. The predicted molar refractivity (Wildman–Crippen MR) is 143 cm³/mol. The first-order valence-corrected chi connectivity index (χ1v) is 13.0. The van der Waals surface area contributed by atoms with Crippen molar-refractivity contribution in [2.24, 2.45) is 0 Å². The summed E-state index contributed by atoms with van der Waals surface area (Å²) >= 11 is 0. The molecule has 3 heterocycles. The molecule has 1 aromatic carbocycles. The molecular weight excluding hydrogens is 510 g/mol. The highest BCUT2D eigenvalue weighted by molar-refractivity contribution is 5.74. The summed E-state index contributed by atoms with van der Waals surface area (Å²) in [6.07, 6.45) is -3.07. The molecule has 0 saturated carbocycles. The molecule has 0 amide bonds. The van der Waals surface area contributed by atoms with E-state index in [0.29, 0.717) is 73.0 Å². The van der Waals surface area contributed by atoms with Crippen molar-refractivity contribution in [3.8, 4) is 28.4 Å². The Hall–Kier alpha value is -3.19. The molecule has 12 heteroatoms. The summed E-state index contributed by atoms with van der Waals surface area (Å²) < 4.78 is 43.1. The summed E-state index contributed by atoms with van der Waals surface area (Å²) in [5.74, 6) is 2.23. The third kappa shape index (κ3) is 7.27. The number of aliphatic hydroxyl groups excluding tert-OH is 1. The zero-order chi connectivity index (χ0) is 27.9. The van der Waals surface area contributed by atoms with Gasteiger partial charge in [0.15, 0.2) is 5.82 Å². The smallest absolute Gasteiger partial charge is 0.251 e. The lowest BCUT2D eigenvalue weighted by molar-refractivity contribution is -0.0280. The van der Waals surface area contributed by atoms with Crippen LogP contribution in [0.1, 0.15) is 17.0 Å². The summed E-state index contributed by atoms with van der Waals surface area (Å²) in [6.45, 7) is 7.44. The largest absolute Gasteiger partial charge is 0.491 e. The lowest BCUT2D eigenvalue weighted by atomic mass is 10.0. The molecule has 2 aromatic heterocycles. The summed E-state index contributed by atoms with van der Waals surface area (Å²) in [5.41, 5.74) is 3.64. The molecule has 1 unspecified atom stereocenters. The van der Waals surface area contributed by atoms with Crippen molar-refractivity contribution in [2.45, 2.75) is 39.3 Å². The van der Waals surface area contributed by atoms with E-state index in [4.69, 9.17) is 24.0 Å². The highest BCUT2D eigenvalue weighted by Gasteiger charge is 2.26. The van der Waals surface area contributed by atoms with Crippen LogP contribution in [-0.2, 0) is 4.74 Å². The lowest BCUT2D eigenvalue weighted by Crippen LogP contribution is -2.50. The molecule has 2 atom stereocenters. The Labute approximate surface area is 226 Å². The Kier molecular flexibility index (Phi) is 9.78. The number of nitrogens with one attached hydrogen (secondary N) is 2. The number of halogens is 2. The van der Waals surface area contributed by atoms with Gasteiger partial charge in [0.1, 0.15) is 30.0 Å². The Morgan fingerprint density at radius 2 is 2.05 bits per heavy atom. The first-order chi connectivity index (χ1) is 18.8. The molecule has 0 aliphatic carbocycles. The van der Waals surface area contributed by atoms with Crippen LogP contribution in [0.5, 0.6) is 5.75 Å². The minimum absolute atomic E-state index is 0.134. The van der Waals surface area contributed by atoms with Crippen molar-refractivity contribution < 1.29 is 27.9 Å². The SMILES string of the molecule is CNCC(O)COc1cccc(-c2nc(NC[C@H]3COCCN3CC(F)F)c(C)c(-c3c(C)noc3C)n2)c1. The van der Waals surface area contributed by atoms with Crippen LogP contribution in [0, 0.1) is 20.8 Å². The molecule has 0 radical (unpaired) electrons. The molecule has 39 heavy (non-hydrogen) atoms. The average molecular weight is 547 g/mol. The third-order valence-corrected chi connectivity index (χ3v) is 6.62. The molecule has 1 saturated heterocycles. The van der Waals surface area contributed by atoms with Gasteiger partial charge in [-0.05, 0) is 40.0 Å². The highest BCUT2D eigenvalue weighted by atomic mass is 19.3. The second-order valence-electron chi connectivity index (χ2n) is 9.61. The number of aliphatic hydroxyl groups is 1. The van der Waals surface area contributed by atoms with Crippen LogP contribution < -0.4 is 15.4 Å². The van der Waals surface area contributed by atoms with Gasteiger partial charge in [-0.25, -0.2) is 18.7 Å². The van der Waals surface area contributed by atoms with E-state index in [0.717, 1.165) is 11.1 Å². The van der Waals surface area contributed by atoms with E-state index in [-0.39, 0.29) is 19.2 Å². The van der Waals surface area contributed by atoms with Gasteiger partial charge in [-0.15, -0.1) is 0 Å². The summed E-state index contributed by atoms with van der Waals surface area (Å²) in [5, 5.41) is 20.4. The minimum Gasteiger partial charge on any atom is -0.491 e. The van der Waals surface area contributed by atoms with Crippen LogP contribution in [0.4, 0.5) is 14.6 Å². The Morgan fingerprint density at radius 1 is 1.23 bits per heavy atom. The number of alkyl halides is 2. The third-order valence-electron chi connectivity index (χ3n) is 6.62. The van der Waals surface area contributed by atoms with Crippen LogP contribution in [0.15, 0.2) is 28.8 Å². The van der Waals surface area contributed by atoms with Crippen molar-refractivity contribution in [1.82, 2.24) is 25.3 Å². The van der Waals surface area contributed by atoms with Crippen molar-refractivity contribution in [2.75, 3.05) is 58.4 Å². The fraction of sp³-hybridized carbons (Fsp3) is 0.519. The van der Waals surface area contributed by atoms with Crippen LogP contribution in [0.3, 0.4) is 0 Å². The number of ether oxygens (including phenoxy) is 2. The average Bonchev–Trinajstić information content (AvgIpc) is 3.25. The van der Waals surface area contributed by atoms with Crippen LogP contribution in [0.2, 0.25) is 0 Å². The summed E-state index contributed by atoms with van der Waals surface area (Å²) in [7, 11) is 1.76. The quantitative estimate of drug-likeness (QED) is 0.313. The maximum Gasteiger partial charge on any atom is 0.251 e. The highest BCUT2D eigenvalue weighted by Crippen LogP contribution is 2.33. The van der Waals surface area contributed by atoms with E-state index in [1.165, 1.54) is 0 Å². The number of benzene rings is 1. The second kappa shape index (κ2) is 13.2. The van der Waals surface area contributed by atoms with Crippen molar-refractivity contribution >= 4 is 5.82 Å². The zero-order valence-corrected chi connectivity index (χ0v) is 22.7. The molecule has 1 aliphatic heterocycles. The fourth-order valence-corrected chi connectivity index (χ4v) is 4.60. The number of hydrogen-bond acceptors (Lipinski definition) is 10. The van der Waals surface area contributed by atoms with E-state index < -0.39 is 12.5 Å². The Balaban J connectivity index is 1.66. The van der Waals surface area contributed by atoms with E-state index in [1.807, 2.05) is 39.0 Å². The lowest BCUT2D eigenvalue weighted by Gasteiger charge is -2.35. The van der Waals surface area contributed by atoms with E-state index >= 15 is 0 Å². The maximum absolute atomic E-state index is 13.2. The van der Waals surface area contributed by atoms with Gasteiger partial charge in [0.2, 0.25) is 0 Å². The van der Waals surface area contributed by atoms with Crippen molar-refractivity contribution in [3.63, 3.8) is 0 Å². The van der Waals surface area contributed by atoms with Crippen LogP contribution >= 0.6 is 0 Å². The first-order valence-electron chi connectivity index (χ1n) is 13.0. The van der Waals surface area contributed by atoms with Crippen molar-refractivity contribution in [3.05, 3.63) is 41.3 Å². The van der Waals surface area contributed by atoms with E-state index in [1.54, 1.807) is 18.0 Å². The number of anilines is 1. The minimum atomic E-state index is -2.42. The fourth-order valence-electron chi connectivity index (χ4n) is 4.60. The number of hydrogen-bond donors (Lipinski definition) is 3. The number of morpholine rings is 1. The van der Waals surface area contributed by atoms with Gasteiger partial charge >= 0.3 is 0 Å². The molecule has 3 aromatic rings. The van der Waals surface area contributed by atoms with Gasteiger partial charge in [0, 0.05) is 30.8 Å². The molecule has 0 bridgehead atoms. The number of rotatable bonds is 12. The first kappa shape index (κ1) is 28.8. The van der Waals surface area contributed by atoms with Gasteiger partial charge < -0.3 is 29.7 Å². The second-order valence-corrected chi connectivity index (χ2v) is 9.61. The predicted octanol–water partition coefficient (Wildman–Crippen LogP) is 3.06. The topological polar surface area (TPSA) is 118 Å². The molecule has 1 fully saturated rings. The molecular formula is C27H36F2N6O4. The van der Waals surface area contributed by atoms with Crippen LogP contribution in [0.25, 0.3) is 22.6 Å². The number of likely N-dealkylation sites (N-methyl/N-ethyl adjacent to an activating group) is 1. The molecule has 0 spiro atoms. The normalized spacial score (nSPS) is 17.0. The van der Waals surface area contributed by atoms with Gasteiger partial charge in [0.05, 0.1) is 42.8 Å². The monoisotopic (exact) mass is 546 g/mol. The zero-order valence-electron chi connectivity index (χ0n) is 22.7. The number of aryl methyl sites for hydroxylation is 2. The maximum atomic E-state index is 13.2. The Morgan fingerprint density at radius 3 is 2.77 bits per heavy atom. The summed E-state index contributed by atoms with van der Waals surface area (Å²) in [6, 6.07) is 7.11. The van der Waals surface area contributed by atoms with E-state index in [2.05, 4.69) is 15.8 Å². The molecule has 4 rings (SSSR count). The Bertz CT molecular complexity index is 1220. The van der Waals surface area contributed by atoms with Crippen LogP contribution in [-0.4, -0.2) is 96.7 Å². The standard InChI is InChI=1S/C27H36F2N6O4/c1-16-25(24-17(2)34-39-18(24)3)32-27(19-6-5-7-22(10-19)38-15-21(36)12-30-4)33-26(16)31-11-20-14-37-9-8-35(20)13-23(28)29/h5-7,10,20-21,23,30,36H,8-9,11-15H2,1-4H3,(H,31,32,33)/t20-,21?/m0/s1. The summed E-state index contributed by atoms with van der Waals surface area (Å²) in [4.78, 5) is 11.4. The molecule has 3 N–H and O–H groups in total. The van der Waals surface area contributed by atoms with Crippen molar-refractivity contribution in [1.29, 1.82) is 0 Å². The van der Waals surface area contributed by atoms with Gasteiger partial charge in [-0.2, -0.15) is 0 Å². The van der Waals surface area contributed by atoms with Gasteiger partial charge in [0.25, 0.3) is 6.43 Å².